The number of nitrogens with two attached hydrogens (primary N) is 1. The second kappa shape index (κ2) is 14.8. The third-order valence-electron chi connectivity index (χ3n) is 7.88. The summed E-state index contributed by atoms with van der Waals surface area (Å²) >= 11 is 0. The van der Waals surface area contributed by atoms with Gasteiger partial charge in [0, 0.05) is 25.6 Å². The van der Waals surface area contributed by atoms with E-state index in [-0.39, 0.29) is 30.3 Å². The molecule has 0 bridgehead atoms. The van der Waals surface area contributed by atoms with Crippen molar-refractivity contribution in [3.05, 3.63) is 71.8 Å². The molecule has 0 aromatic heterocycles. The summed E-state index contributed by atoms with van der Waals surface area (Å²) in [6.45, 7) is 4.73. The molecule has 4 rings (SSSR count). The van der Waals surface area contributed by atoms with Crippen molar-refractivity contribution in [3.63, 3.8) is 0 Å². The van der Waals surface area contributed by atoms with E-state index in [9.17, 15) is 19.2 Å². The minimum absolute atomic E-state index is 0.179. The number of hydroxylamine groups is 2. The summed E-state index contributed by atoms with van der Waals surface area (Å²) in [6, 6.07) is 17.0. The van der Waals surface area contributed by atoms with Gasteiger partial charge in [-0.25, -0.2) is 9.59 Å². The second-order valence-electron chi connectivity index (χ2n) is 11.6. The van der Waals surface area contributed by atoms with Crippen molar-refractivity contribution in [3.8, 4) is 0 Å². The van der Waals surface area contributed by atoms with Gasteiger partial charge in [-0.3, -0.25) is 9.59 Å². The van der Waals surface area contributed by atoms with Crippen molar-refractivity contribution in [2.45, 2.75) is 83.0 Å². The smallest absolute Gasteiger partial charge is 0.343 e. The van der Waals surface area contributed by atoms with Crippen LogP contribution in [0.3, 0.4) is 0 Å². The highest BCUT2D eigenvalue weighted by Gasteiger charge is 2.42. The van der Waals surface area contributed by atoms with Gasteiger partial charge in [0.2, 0.25) is 5.91 Å². The first-order chi connectivity index (χ1) is 20.2. The molecule has 2 aliphatic heterocycles. The second-order valence-corrected chi connectivity index (χ2v) is 11.6. The molecular weight excluding hydrogens is 534 g/mol. The van der Waals surface area contributed by atoms with Crippen LogP contribution in [0, 0.1) is 5.92 Å². The number of amides is 4. The Morgan fingerprint density at radius 3 is 2.21 bits per heavy atom. The van der Waals surface area contributed by atoms with Crippen LogP contribution in [-0.4, -0.2) is 71.0 Å². The predicted molar refractivity (Wildman–Crippen MR) is 159 cm³/mol. The van der Waals surface area contributed by atoms with Crippen molar-refractivity contribution in [1.82, 2.24) is 20.6 Å². The third kappa shape index (κ3) is 8.31. The van der Waals surface area contributed by atoms with Crippen LogP contribution in [0.1, 0.15) is 57.1 Å². The largest absolute Gasteiger partial charge is 0.354 e. The van der Waals surface area contributed by atoms with Gasteiger partial charge in [-0.05, 0) is 55.6 Å². The molecule has 2 aliphatic rings. The lowest BCUT2D eigenvalue weighted by Crippen LogP contribution is -2.60. The predicted octanol–water partition coefficient (Wildman–Crippen LogP) is 2.95. The Kier molecular flexibility index (Phi) is 10.9. The normalized spacial score (nSPS) is 19.0. The maximum absolute atomic E-state index is 14.4. The first-order valence-corrected chi connectivity index (χ1v) is 14.9. The minimum atomic E-state index is -0.840. The van der Waals surface area contributed by atoms with Crippen LogP contribution in [0.15, 0.2) is 60.7 Å². The quantitative estimate of drug-likeness (QED) is 0.332. The molecule has 2 aromatic rings. The van der Waals surface area contributed by atoms with Crippen LogP contribution in [0.25, 0.3) is 0 Å². The molecule has 226 valence electrons. The van der Waals surface area contributed by atoms with Gasteiger partial charge < -0.3 is 26.1 Å². The van der Waals surface area contributed by atoms with Crippen LogP contribution >= 0.6 is 0 Å². The van der Waals surface area contributed by atoms with Gasteiger partial charge in [-0.1, -0.05) is 74.5 Å². The fourth-order valence-electron chi connectivity index (χ4n) is 5.69. The molecule has 42 heavy (non-hydrogen) atoms. The van der Waals surface area contributed by atoms with E-state index in [1.165, 1.54) is 9.96 Å². The van der Waals surface area contributed by atoms with Gasteiger partial charge in [-0.2, -0.15) is 5.06 Å². The third-order valence-corrected chi connectivity index (χ3v) is 7.88. The monoisotopic (exact) mass is 577 g/mol. The van der Waals surface area contributed by atoms with E-state index in [0.29, 0.717) is 51.6 Å². The lowest BCUT2D eigenvalue weighted by molar-refractivity contribution is -0.213. The highest BCUT2D eigenvalue weighted by atomic mass is 16.7. The van der Waals surface area contributed by atoms with Crippen molar-refractivity contribution < 1.29 is 24.0 Å². The number of hydrogen-bond acceptors (Lipinski definition) is 6. The van der Waals surface area contributed by atoms with Crippen LogP contribution in [0.2, 0.25) is 0 Å². The van der Waals surface area contributed by atoms with Crippen LogP contribution in [-0.2, 0) is 32.1 Å². The van der Waals surface area contributed by atoms with Gasteiger partial charge in [-0.15, -0.1) is 0 Å². The topological polar surface area (TPSA) is 134 Å². The Bertz CT molecular complexity index is 1210. The standard InChI is InChI=1S/C32H43N5O5/c1-22(2)29(36-19-9-18-34-32(36)41)30(39)37(42-31(40)27-16-17-28(38)35-27)26(21-24-12-7-4-8-13-24)15-14-25(33)20-23-10-5-3-6-11-23/h3-8,10-13,22,25-27,29H,9,14-21,33H2,1-2H3,(H,34,41)(H,35,38)/t25-,26+,27-,29-/m0/s1. The van der Waals surface area contributed by atoms with Crippen LogP contribution in [0.4, 0.5) is 4.79 Å². The summed E-state index contributed by atoms with van der Waals surface area (Å²) in [4.78, 5) is 59.9. The Labute approximate surface area is 247 Å². The molecule has 0 radical (unpaired) electrons. The minimum Gasteiger partial charge on any atom is -0.343 e. The Morgan fingerprint density at radius 1 is 1.00 bits per heavy atom. The molecule has 10 nitrogen and oxygen atoms in total. The van der Waals surface area contributed by atoms with Crippen LogP contribution < -0.4 is 16.4 Å². The fourth-order valence-corrected chi connectivity index (χ4v) is 5.69. The highest BCUT2D eigenvalue weighted by molar-refractivity contribution is 5.90. The fraction of sp³-hybridized carbons (Fsp3) is 0.500. The number of nitrogens with one attached hydrogen (secondary N) is 2. The summed E-state index contributed by atoms with van der Waals surface area (Å²) in [6.07, 6.45) is 3.36. The number of carbonyl (C=O) groups excluding carboxylic acids is 4. The SMILES string of the molecule is CC(C)[C@@H](C(=O)N(OC(=O)[C@@H]1CCC(=O)N1)[C@H](CC[C@H](N)Cc1ccccc1)Cc1ccccc1)N1CCCNC1=O. The Morgan fingerprint density at radius 2 is 1.64 bits per heavy atom. The molecule has 0 aliphatic carbocycles. The average molecular weight is 578 g/mol. The lowest BCUT2D eigenvalue weighted by Gasteiger charge is -2.40. The number of rotatable bonds is 12. The van der Waals surface area contributed by atoms with Gasteiger partial charge in [0.25, 0.3) is 5.91 Å². The molecule has 2 saturated heterocycles. The van der Waals surface area contributed by atoms with Crippen LogP contribution in [0.5, 0.6) is 0 Å². The highest BCUT2D eigenvalue weighted by Crippen LogP contribution is 2.24. The first-order valence-electron chi connectivity index (χ1n) is 14.9. The summed E-state index contributed by atoms with van der Waals surface area (Å²) in [5, 5.41) is 6.65. The van der Waals surface area contributed by atoms with Crippen molar-refractivity contribution in [2.75, 3.05) is 13.1 Å². The van der Waals surface area contributed by atoms with E-state index < -0.39 is 30.0 Å². The molecule has 0 spiro atoms. The molecule has 4 atom stereocenters. The maximum Gasteiger partial charge on any atom is 0.354 e. The molecule has 10 heteroatoms. The van der Waals surface area contributed by atoms with E-state index in [1.807, 2.05) is 74.5 Å². The zero-order valence-electron chi connectivity index (χ0n) is 24.5. The number of benzene rings is 2. The van der Waals surface area contributed by atoms with E-state index in [4.69, 9.17) is 10.6 Å². The van der Waals surface area contributed by atoms with E-state index >= 15 is 0 Å². The number of carbonyl (C=O) groups is 4. The Hall–Kier alpha value is -3.92. The van der Waals surface area contributed by atoms with Gasteiger partial charge in [0.1, 0.15) is 12.1 Å². The Balaban J connectivity index is 1.63. The van der Waals surface area contributed by atoms with E-state index in [0.717, 1.165) is 11.1 Å². The summed E-state index contributed by atoms with van der Waals surface area (Å²) in [7, 11) is 0. The van der Waals surface area contributed by atoms with Gasteiger partial charge in [0.15, 0.2) is 0 Å². The average Bonchev–Trinajstić information content (AvgIpc) is 3.42. The van der Waals surface area contributed by atoms with E-state index in [2.05, 4.69) is 10.6 Å². The number of nitrogens with zero attached hydrogens (tertiary/aromatic N) is 2. The van der Waals surface area contributed by atoms with Crippen molar-refractivity contribution in [1.29, 1.82) is 0 Å². The van der Waals surface area contributed by atoms with Crippen molar-refractivity contribution >= 4 is 23.8 Å². The number of hydrogen-bond donors (Lipinski definition) is 3. The molecule has 0 saturated carbocycles. The molecule has 0 unspecified atom stereocenters. The molecular formula is C32H43N5O5. The summed E-state index contributed by atoms with van der Waals surface area (Å²) in [5.74, 6) is -1.62. The first kappa shape index (κ1) is 31.0. The van der Waals surface area contributed by atoms with Crippen molar-refractivity contribution in [2.24, 2.45) is 11.7 Å². The molecule has 2 heterocycles. The molecule has 4 amide bonds. The molecule has 4 N–H and O–H groups in total. The lowest BCUT2D eigenvalue weighted by atomic mass is 9.94. The molecule has 2 aromatic carbocycles. The van der Waals surface area contributed by atoms with Gasteiger partial charge in [0.05, 0.1) is 6.04 Å². The molecule has 2 fully saturated rings. The zero-order chi connectivity index (χ0) is 30.1. The number of urea groups is 1. The van der Waals surface area contributed by atoms with E-state index in [1.54, 1.807) is 0 Å². The summed E-state index contributed by atoms with van der Waals surface area (Å²) < 4.78 is 0. The zero-order valence-corrected chi connectivity index (χ0v) is 24.5. The maximum atomic E-state index is 14.4. The van der Waals surface area contributed by atoms with Gasteiger partial charge >= 0.3 is 12.0 Å². The summed E-state index contributed by atoms with van der Waals surface area (Å²) in [5.41, 5.74) is 8.66.